The van der Waals surface area contributed by atoms with Gasteiger partial charge in [0, 0.05) is 25.2 Å². The SMILES string of the molecule is C[C@@H](NC(=O)c1c(Cl)ccc2c1[C@H]1C[C@H]3NCCC[C@H]3CN1CC2)c1ccccc1. The van der Waals surface area contributed by atoms with Crippen molar-refractivity contribution >= 4 is 17.5 Å². The molecule has 5 rings (SSSR count). The predicted molar refractivity (Wildman–Crippen MR) is 121 cm³/mol. The van der Waals surface area contributed by atoms with E-state index in [4.69, 9.17) is 11.6 Å². The Morgan fingerprint density at radius 3 is 2.90 bits per heavy atom. The fraction of sp³-hybridized carbons (Fsp3) is 0.480. The Balaban J connectivity index is 1.46. The summed E-state index contributed by atoms with van der Waals surface area (Å²) in [4.78, 5) is 16.1. The molecular formula is C25H30ClN3O. The molecule has 4 atom stereocenters. The average molecular weight is 424 g/mol. The number of rotatable bonds is 3. The second-order valence-corrected chi connectivity index (χ2v) is 9.47. The van der Waals surface area contributed by atoms with Gasteiger partial charge >= 0.3 is 0 Å². The molecule has 3 aliphatic rings. The van der Waals surface area contributed by atoms with Gasteiger partial charge in [-0.1, -0.05) is 48.0 Å². The topological polar surface area (TPSA) is 44.4 Å². The van der Waals surface area contributed by atoms with E-state index in [1.54, 1.807) is 0 Å². The number of benzene rings is 2. The lowest BCUT2D eigenvalue weighted by molar-refractivity contribution is 0.0543. The highest BCUT2D eigenvalue weighted by Gasteiger charge is 2.41. The largest absolute Gasteiger partial charge is 0.345 e. The minimum atomic E-state index is -0.0685. The number of hydrogen-bond acceptors (Lipinski definition) is 3. The third-order valence-electron chi connectivity index (χ3n) is 7.28. The van der Waals surface area contributed by atoms with Crippen LogP contribution in [0.3, 0.4) is 0 Å². The van der Waals surface area contributed by atoms with Gasteiger partial charge in [-0.2, -0.15) is 0 Å². The predicted octanol–water partition coefficient (Wildman–Crippen LogP) is 4.50. The number of amides is 1. The summed E-state index contributed by atoms with van der Waals surface area (Å²) in [6.45, 7) is 5.33. The van der Waals surface area contributed by atoms with Gasteiger partial charge in [-0.15, -0.1) is 0 Å². The van der Waals surface area contributed by atoms with Gasteiger partial charge in [-0.3, -0.25) is 9.69 Å². The maximum atomic E-state index is 13.4. The van der Waals surface area contributed by atoms with Crippen LogP contribution < -0.4 is 10.6 Å². The molecule has 2 saturated heterocycles. The lowest BCUT2D eigenvalue weighted by Gasteiger charge is -2.49. The van der Waals surface area contributed by atoms with Crippen LogP contribution in [0.1, 0.15) is 65.3 Å². The molecule has 30 heavy (non-hydrogen) atoms. The number of carbonyl (C=O) groups is 1. The molecule has 2 N–H and O–H groups in total. The van der Waals surface area contributed by atoms with Crippen LogP contribution in [0.25, 0.3) is 0 Å². The number of nitrogens with one attached hydrogen (secondary N) is 2. The van der Waals surface area contributed by atoms with E-state index >= 15 is 0 Å². The van der Waals surface area contributed by atoms with Crippen LogP contribution in [0, 0.1) is 5.92 Å². The summed E-state index contributed by atoms with van der Waals surface area (Å²) >= 11 is 6.66. The molecule has 0 saturated carbocycles. The third-order valence-corrected chi connectivity index (χ3v) is 7.59. The van der Waals surface area contributed by atoms with E-state index in [0.29, 0.717) is 16.6 Å². The van der Waals surface area contributed by atoms with Crippen molar-refractivity contribution < 1.29 is 4.79 Å². The number of fused-ring (bicyclic) bond motifs is 4. The van der Waals surface area contributed by atoms with E-state index in [2.05, 4.69) is 21.6 Å². The number of carbonyl (C=O) groups excluding carboxylic acids is 1. The number of nitrogens with zero attached hydrogens (tertiary/aromatic N) is 1. The number of piperidine rings is 2. The molecule has 1 amide bonds. The van der Waals surface area contributed by atoms with Gasteiger partial charge in [0.15, 0.2) is 0 Å². The van der Waals surface area contributed by atoms with Gasteiger partial charge < -0.3 is 10.6 Å². The van der Waals surface area contributed by atoms with E-state index in [-0.39, 0.29) is 18.0 Å². The zero-order valence-electron chi connectivity index (χ0n) is 17.5. The molecule has 0 spiro atoms. The van der Waals surface area contributed by atoms with Crippen LogP contribution in [0.5, 0.6) is 0 Å². The van der Waals surface area contributed by atoms with Crippen molar-refractivity contribution in [1.82, 2.24) is 15.5 Å². The van der Waals surface area contributed by atoms with Crippen LogP contribution in [0.2, 0.25) is 5.02 Å². The Morgan fingerprint density at radius 1 is 1.23 bits per heavy atom. The molecule has 2 aromatic rings. The Morgan fingerprint density at radius 2 is 2.07 bits per heavy atom. The molecule has 2 aromatic carbocycles. The van der Waals surface area contributed by atoms with E-state index < -0.39 is 0 Å². The molecule has 0 aliphatic carbocycles. The molecule has 0 bridgehead atoms. The molecule has 0 radical (unpaired) electrons. The Kier molecular flexibility index (Phi) is 5.57. The summed E-state index contributed by atoms with van der Waals surface area (Å²) < 4.78 is 0. The summed E-state index contributed by atoms with van der Waals surface area (Å²) in [7, 11) is 0. The zero-order chi connectivity index (χ0) is 20.7. The Labute approximate surface area is 184 Å². The summed E-state index contributed by atoms with van der Waals surface area (Å²) in [6.07, 6.45) is 4.63. The molecule has 3 heterocycles. The summed E-state index contributed by atoms with van der Waals surface area (Å²) in [5.41, 5.74) is 4.23. The first-order valence-electron chi connectivity index (χ1n) is 11.3. The van der Waals surface area contributed by atoms with Crippen LogP contribution in [0.15, 0.2) is 42.5 Å². The van der Waals surface area contributed by atoms with Crippen molar-refractivity contribution in [2.45, 2.75) is 50.7 Å². The lowest BCUT2D eigenvalue weighted by atomic mass is 9.76. The quantitative estimate of drug-likeness (QED) is 0.763. The zero-order valence-corrected chi connectivity index (χ0v) is 18.3. The monoisotopic (exact) mass is 423 g/mol. The van der Waals surface area contributed by atoms with Crippen LogP contribution in [-0.2, 0) is 6.42 Å². The highest BCUT2D eigenvalue weighted by atomic mass is 35.5. The molecule has 4 nitrogen and oxygen atoms in total. The van der Waals surface area contributed by atoms with Crippen molar-refractivity contribution in [3.63, 3.8) is 0 Å². The second kappa shape index (κ2) is 8.33. The minimum absolute atomic E-state index is 0.0613. The molecule has 158 valence electrons. The fourth-order valence-corrected chi connectivity index (χ4v) is 5.95. The smallest absolute Gasteiger partial charge is 0.253 e. The molecule has 0 unspecified atom stereocenters. The van der Waals surface area contributed by atoms with Crippen molar-refractivity contribution in [2.75, 3.05) is 19.6 Å². The molecule has 2 fully saturated rings. The number of hydrogen-bond donors (Lipinski definition) is 2. The first kappa shape index (κ1) is 20.0. The normalized spacial score (nSPS) is 26.8. The second-order valence-electron chi connectivity index (χ2n) is 9.06. The summed E-state index contributed by atoms with van der Waals surface area (Å²) in [5, 5.41) is 7.50. The van der Waals surface area contributed by atoms with Gasteiger partial charge in [0.2, 0.25) is 0 Å². The van der Waals surface area contributed by atoms with Crippen molar-refractivity contribution in [3.8, 4) is 0 Å². The average Bonchev–Trinajstić information content (AvgIpc) is 2.78. The van der Waals surface area contributed by atoms with E-state index in [1.807, 2.05) is 43.3 Å². The summed E-state index contributed by atoms with van der Waals surface area (Å²) in [6, 6.07) is 14.9. The van der Waals surface area contributed by atoms with Gasteiger partial charge in [0.1, 0.15) is 0 Å². The van der Waals surface area contributed by atoms with E-state index in [9.17, 15) is 4.79 Å². The van der Waals surface area contributed by atoms with Crippen LogP contribution in [-0.4, -0.2) is 36.5 Å². The van der Waals surface area contributed by atoms with E-state index in [1.165, 1.54) is 18.4 Å². The van der Waals surface area contributed by atoms with Gasteiger partial charge in [0.05, 0.1) is 16.6 Å². The Bertz CT molecular complexity index is 931. The van der Waals surface area contributed by atoms with Crippen LogP contribution >= 0.6 is 11.6 Å². The van der Waals surface area contributed by atoms with Crippen molar-refractivity contribution in [3.05, 3.63) is 69.7 Å². The van der Waals surface area contributed by atoms with Crippen molar-refractivity contribution in [2.24, 2.45) is 5.92 Å². The Hall–Kier alpha value is -1.88. The van der Waals surface area contributed by atoms with Crippen molar-refractivity contribution in [1.29, 1.82) is 0 Å². The van der Waals surface area contributed by atoms with E-state index in [0.717, 1.165) is 49.5 Å². The molecule has 0 aromatic heterocycles. The first-order chi connectivity index (χ1) is 14.6. The molecule has 3 aliphatic heterocycles. The molecule has 5 heteroatoms. The standard InChI is InChI=1S/C25H30ClN3O/c1-16(17-6-3-2-4-7-17)28-25(30)24-20(26)10-9-18-11-13-29-15-19-8-5-12-27-21(19)14-22(29)23(18)24/h2-4,6-7,9-10,16,19,21-22,27H,5,8,11-15H2,1H3,(H,28,30)/t16-,19+,21-,22-/m1/s1. The number of halogens is 1. The van der Waals surface area contributed by atoms with Gasteiger partial charge in [-0.25, -0.2) is 0 Å². The maximum Gasteiger partial charge on any atom is 0.253 e. The lowest BCUT2D eigenvalue weighted by Crippen LogP contribution is -2.55. The summed E-state index contributed by atoms with van der Waals surface area (Å²) in [5.74, 6) is 0.667. The molecular weight excluding hydrogens is 394 g/mol. The van der Waals surface area contributed by atoms with Crippen LogP contribution in [0.4, 0.5) is 0 Å². The highest BCUT2D eigenvalue weighted by Crippen LogP contribution is 2.43. The van der Waals surface area contributed by atoms with Gasteiger partial charge in [0.25, 0.3) is 5.91 Å². The fourth-order valence-electron chi connectivity index (χ4n) is 5.70. The highest BCUT2D eigenvalue weighted by molar-refractivity contribution is 6.34. The van der Waals surface area contributed by atoms with Gasteiger partial charge in [-0.05, 0) is 67.8 Å². The minimum Gasteiger partial charge on any atom is -0.345 e. The maximum absolute atomic E-state index is 13.4. The third kappa shape index (κ3) is 3.66. The first-order valence-corrected chi connectivity index (χ1v) is 11.6.